The van der Waals surface area contributed by atoms with Crippen LogP contribution in [0.3, 0.4) is 0 Å². The minimum absolute atomic E-state index is 0.282. The fourth-order valence-corrected chi connectivity index (χ4v) is 1.57. The summed E-state index contributed by atoms with van der Waals surface area (Å²) in [6.45, 7) is 0. The normalized spacial score (nSPS) is 12.8. The summed E-state index contributed by atoms with van der Waals surface area (Å²) >= 11 is 0. The zero-order chi connectivity index (χ0) is 11.9. The number of hydrogen-bond acceptors (Lipinski definition) is 3. The lowest BCUT2D eigenvalue weighted by Crippen LogP contribution is -2.14. The number of aromatic hydroxyl groups is 1. The molecule has 15 heavy (non-hydrogen) atoms. The van der Waals surface area contributed by atoms with E-state index in [1.807, 2.05) is 0 Å². The van der Waals surface area contributed by atoms with Gasteiger partial charge in [-0.3, -0.25) is 0 Å². The second kappa shape index (κ2) is 3.38. The summed E-state index contributed by atoms with van der Waals surface area (Å²) in [5.74, 6) is -0.814. The van der Waals surface area contributed by atoms with Crippen molar-refractivity contribution in [3.05, 3.63) is 23.8 Å². The number of primary sulfonamides is 1. The van der Waals surface area contributed by atoms with Crippen molar-refractivity contribution in [1.82, 2.24) is 0 Å². The van der Waals surface area contributed by atoms with Crippen molar-refractivity contribution < 1.29 is 26.7 Å². The number of phenols is 1. The van der Waals surface area contributed by atoms with Crippen molar-refractivity contribution in [2.24, 2.45) is 5.14 Å². The molecule has 0 saturated carbocycles. The van der Waals surface area contributed by atoms with Crippen molar-refractivity contribution in [3.63, 3.8) is 0 Å². The van der Waals surface area contributed by atoms with Crippen LogP contribution in [0.5, 0.6) is 5.75 Å². The third-order valence-electron chi connectivity index (χ3n) is 1.59. The lowest BCUT2D eigenvalue weighted by atomic mass is 10.2. The maximum atomic E-state index is 12.2. The zero-order valence-corrected chi connectivity index (χ0v) is 7.93. The van der Waals surface area contributed by atoms with Crippen LogP contribution in [0.1, 0.15) is 5.56 Å². The molecule has 0 unspecified atom stereocenters. The molecule has 1 rings (SSSR count). The summed E-state index contributed by atoms with van der Waals surface area (Å²) < 4.78 is 58.1. The van der Waals surface area contributed by atoms with E-state index in [1.165, 1.54) is 0 Å². The highest BCUT2D eigenvalue weighted by Crippen LogP contribution is 2.33. The van der Waals surface area contributed by atoms with Gasteiger partial charge in [0.25, 0.3) is 0 Å². The highest BCUT2D eigenvalue weighted by Gasteiger charge is 2.32. The standard InChI is InChI=1S/C7H6F3NO3S/c8-7(9,10)4-1-2-5(12)6(3-4)15(11,13)14/h1-3,12H,(H2,11,13,14). The molecule has 0 aromatic heterocycles. The number of nitrogens with two attached hydrogens (primary N) is 1. The Morgan fingerprint density at radius 3 is 2.20 bits per heavy atom. The third-order valence-corrected chi connectivity index (χ3v) is 2.53. The van der Waals surface area contributed by atoms with Gasteiger partial charge in [0.2, 0.25) is 10.0 Å². The van der Waals surface area contributed by atoms with Crippen LogP contribution < -0.4 is 5.14 Å². The lowest BCUT2D eigenvalue weighted by Gasteiger charge is -2.08. The Morgan fingerprint density at radius 1 is 1.27 bits per heavy atom. The Labute approximate surface area is 83.2 Å². The monoisotopic (exact) mass is 241 g/mol. The molecule has 0 bridgehead atoms. The smallest absolute Gasteiger partial charge is 0.416 e. The molecule has 0 fully saturated rings. The number of hydrogen-bond donors (Lipinski definition) is 2. The molecule has 0 amide bonds. The van der Waals surface area contributed by atoms with E-state index in [-0.39, 0.29) is 6.07 Å². The van der Waals surface area contributed by atoms with Crippen LogP contribution in [0.2, 0.25) is 0 Å². The number of sulfonamides is 1. The van der Waals surface area contributed by atoms with E-state index in [1.54, 1.807) is 0 Å². The van der Waals surface area contributed by atoms with Gasteiger partial charge in [0.1, 0.15) is 10.6 Å². The van der Waals surface area contributed by atoms with Crippen LogP contribution in [0.15, 0.2) is 23.1 Å². The number of alkyl halides is 3. The van der Waals surface area contributed by atoms with E-state index in [4.69, 9.17) is 5.11 Å². The van der Waals surface area contributed by atoms with Crippen LogP contribution in [-0.2, 0) is 16.2 Å². The molecule has 8 heteroatoms. The molecule has 3 N–H and O–H groups in total. The topological polar surface area (TPSA) is 80.4 Å². The van der Waals surface area contributed by atoms with Gasteiger partial charge in [-0.25, -0.2) is 13.6 Å². The molecule has 1 aromatic carbocycles. The van der Waals surface area contributed by atoms with Gasteiger partial charge in [-0.1, -0.05) is 0 Å². The molecular formula is C7H6F3NO3S. The molecule has 84 valence electrons. The molecule has 0 radical (unpaired) electrons. The average Bonchev–Trinajstić information content (AvgIpc) is 2.00. The van der Waals surface area contributed by atoms with Crippen molar-refractivity contribution in [3.8, 4) is 5.75 Å². The van der Waals surface area contributed by atoms with Gasteiger partial charge in [0.15, 0.2) is 0 Å². The summed E-state index contributed by atoms with van der Waals surface area (Å²) in [6, 6.07) is 1.47. The zero-order valence-electron chi connectivity index (χ0n) is 7.12. The first-order valence-corrected chi connectivity index (χ1v) is 5.10. The summed E-state index contributed by atoms with van der Waals surface area (Å²) in [5.41, 5.74) is -1.19. The quantitative estimate of drug-likeness (QED) is 0.771. The van der Waals surface area contributed by atoms with Gasteiger partial charge in [0, 0.05) is 0 Å². The van der Waals surface area contributed by atoms with Gasteiger partial charge >= 0.3 is 6.18 Å². The molecular weight excluding hydrogens is 235 g/mol. The molecule has 0 atom stereocenters. The van der Waals surface area contributed by atoms with Gasteiger partial charge in [-0.15, -0.1) is 0 Å². The lowest BCUT2D eigenvalue weighted by molar-refractivity contribution is -0.137. The Bertz CT molecular complexity index is 481. The van der Waals surface area contributed by atoms with E-state index >= 15 is 0 Å². The van der Waals surface area contributed by atoms with Crippen LogP contribution >= 0.6 is 0 Å². The largest absolute Gasteiger partial charge is 0.507 e. The predicted octanol–water partition coefficient (Wildman–Crippen LogP) is 1.06. The Balaban J connectivity index is 3.43. The highest BCUT2D eigenvalue weighted by atomic mass is 32.2. The molecule has 0 aliphatic rings. The van der Waals surface area contributed by atoms with Crippen molar-refractivity contribution in [2.45, 2.75) is 11.1 Å². The van der Waals surface area contributed by atoms with E-state index in [0.717, 1.165) is 0 Å². The number of benzene rings is 1. The molecule has 0 spiro atoms. The van der Waals surface area contributed by atoms with E-state index < -0.39 is 32.4 Å². The van der Waals surface area contributed by atoms with Gasteiger partial charge in [0.05, 0.1) is 5.56 Å². The minimum atomic E-state index is -4.69. The second-order valence-corrected chi connectivity index (χ2v) is 4.26. The third kappa shape index (κ3) is 2.60. The number of phenolic OH excluding ortho intramolecular Hbond substituents is 1. The van der Waals surface area contributed by atoms with Crippen LogP contribution in [0.4, 0.5) is 13.2 Å². The van der Waals surface area contributed by atoms with Crippen molar-refractivity contribution >= 4 is 10.0 Å². The average molecular weight is 241 g/mol. The molecule has 0 aliphatic carbocycles. The minimum Gasteiger partial charge on any atom is -0.507 e. The molecule has 0 heterocycles. The highest BCUT2D eigenvalue weighted by molar-refractivity contribution is 7.89. The molecule has 0 aliphatic heterocycles. The second-order valence-electron chi connectivity index (χ2n) is 2.73. The van der Waals surface area contributed by atoms with Crippen molar-refractivity contribution in [1.29, 1.82) is 0 Å². The number of halogens is 3. The SMILES string of the molecule is NS(=O)(=O)c1cc(C(F)(F)F)ccc1O. The Morgan fingerprint density at radius 2 is 1.80 bits per heavy atom. The first-order valence-electron chi connectivity index (χ1n) is 3.55. The van der Waals surface area contributed by atoms with E-state index in [2.05, 4.69) is 5.14 Å². The van der Waals surface area contributed by atoms with Gasteiger partial charge < -0.3 is 5.11 Å². The Kier molecular flexibility index (Phi) is 2.66. The van der Waals surface area contributed by atoms with Crippen LogP contribution in [-0.4, -0.2) is 13.5 Å². The molecule has 0 saturated heterocycles. The molecule has 1 aromatic rings. The van der Waals surface area contributed by atoms with Gasteiger partial charge in [-0.05, 0) is 18.2 Å². The fraction of sp³-hybridized carbons (Fsp3) is 0.143. The first-order chi connectivity index (χ1) is 6.62. The predicted molar refractivity (Wildman–Crippen MR) is 44.5 cm³/mol. The van der Waals surface area contributed by atoms with Gasteiger partial charge in [-0.2, -0.15) is 13.2 Å². The number of rotatable bonds is 1. The summed E-state index contributed by atoms with van der Waals surface area (Å²) in [5, 5.41) is 13.6. The van der Waals surface area contributed by atoms with Crippen molar-refractivity contribution in [2.75, 3.05) is 0 Å². The van der Waals surface area contributed by atoms with Crippen LogP contribution in [0.25, 0.3) is 0 Å². The van der Waals surface area contributed by atoms with E-state index in [9.17, 15) is 21.6 Å². The fourth-order valence-electron chi connectivity index (χ4n) is 0.918. The summed E-state index contributed by atoms with van der Waals surface area (Å²) in [4.78, 5) is -0.947. The van der Waals surface area contributed by atoms with E-state index in [0.29, 0.717) is 12.1 Å². The molecule has 4 nitrogen and oxygen atoms in total. The first kappa shape index (κ1) is 11.8. The maximum absolute atomic E-state index is 12.2. The Hall–Kier alpha value is -1.28. The summed E-state index contributed by atoms with van der Waals surface area (Å²) in [6.07, 6.45) is -4.69. The maximum Gasteiger partial charge on any atom is 0.416 e. The summed E-state index contributed by atoms with van der Waals surface area (Å²) in [7, 11) is -4.37. The van der Waals surface area contributed by atoms with Crippen LogP contribution in [0, 0.1) is 0 Å².